The Bertz CT molecular complexity index is 865. The second-order valence-corrected chi connectivity index (χ2v) is 5.88. The standard InChI is InChI=1S/C18H15ClF3N3O2/c19-15-7-3-11(9-14(15)18(20,21)22)4-8-16(26)24-10-12-1-5-13(6-2-12)25-17(23)27/h1-9H,10H2,(H,24,26)(H3,23,25,27)/b8-4+. The van der Waals surface area contributed by atoms with E-state index in [1.54, 1.807) is 24.3 Å². The molecule has 9 heteroatoms. The summed E-state index contributed by atoms with van der Waals surface area (Å²) in [5, 5.41) is 4.60. The van der Waals surface area contributed by atoms with Gasteiger partial charge in [-0.15, -0.1) is 0 Å². The Hall–Kier alpha value is -3.00. The van der Waals surface area contributed by atoms with Gasteiger partial charge in [0.1, 0.15) is 0 Å². The van der Waals surface area contributed by atoms with Crippen LogP contribution in [0.15, 0.2) is 48.5 Å². The van der Waals surface area contributed by atoms with Gasteiger partial charge in [-0.1, -0.05) is 29.8 Å². The number of anilines is 1. The minimum absolute atomic E-state index is 0.198. The molecule has 5 nitrogen and oxygen atoms in total. The van der Waals surface area contributed by atoms with Crippen LogP contribution in [0.3, 0.4) is 0 Å². The maximum Gasteiger partial charge on any atom is 0.417 e. The fraction of sp³-hybridized carbons (Fsp3) is 0.111. The molecule has 0 aliphatic heterocycles. The average Bonchev–Trinajstić information content (AvgIpc) is 2.59. The smallest absolute Gasteiger partial charge is 0.351 e. The van der Waals surface area contributed by atoms with Crippen LogP contribution in [0.4, 0.5) is 23.7 Å². The first kappa shape index (κ1) is 20.3. The third kappa shape index (κ3) is 6.34. The summed E-state index contributed by atoms with van der Waals surface area (Å²) in [5.41, 5.74) is 5.51. The van der Waals surface area contributed by atoms with Crippen LogP contribution in [0.5, 0.6) is 0 Å². The normalized spacial score (nSPS) is 11.4. The molecule has 0 saturated heterocycles. The highest BCUT2D eigenvalue weighted by molar-refractivity contribution is 6.31. The van der Waals surface area contributed by atoms with Gasteiger partial charge in [-0.25, -0.2) is 4.79 Å². The van der Waals surface area contributed by atoms with Gasteiger partial charge in [0.05, 0.1) is 10.6 Å². The van der Waals surface area contributed by atoms with E-state index < -0.39 is 28.7 Å². The lowest BCUT2D eigenvalue weighted by Crippen LogP contribution is -2.20. The van der Waals surface area contributed by atoms with E-state index in [4.69, 9.17) is 17.3 Å². The number of nitrogens with two attached hydrogens (primary N) is 1. The molecule has 2 rings (SSSR count). The predicted octanol–water partition coefficient (Wildman–Crippen LogP) is 4.18. The number of alkyl halides is 3. The molecular formula is C18H15ClF3N3O2. The molecule has 2 aromatic rings. The van der Waals surface area contributed by atoms with E-state index in [2.05, 4.69) is 10.6 Å². The van der Waals surface area contributed by atoms with Gasteiger partial charge in [0, 0.05) is 18.3 Å². The van der Waals surface area contributed by atoms with Crippen molar-refractivity contribution in [2.24, 2.45) is 5.73 Å². The fourth-order valence-electron chi connectivity index (χ4n) is 2.13. The Kier molecular flexibility index (Phi) is 6.46. The van der Waals surface area contributed by atoms with Crippen molar-refractivity contribution in [3.05, 3.63) is 70.3 Å². The second kappa shape index (κ2) is 8.59. The van der Waals surface area contributed by atoms with E-state index in [1.165, 1.54) is 12.1 Å². The van der Waals surface area contributed by atoms with E-state index in [-0.39, 0.29) is 12.1 Å². The molecule has 2 aromatic carbocycles. The number of rotatable bonds is 5. The van der Waals surface area contributed by atoms with Crippen molar-refractivity contribution in [2.75, 3.05) is 5.32 Å². The van der Waals surface area contributed by atoms with Crippen molar-refractivity contribution < 1.29 is 22.8 Å². The molecule has 142 valence electrons. The summed E-state index contributed by atoms with van der Waals surface area (Å²) in [6.07, 6.45) is -2.17. The number of hydrogen-bond acceptors (Lipinski definition) is 2. The first-order chi connectivity index (χ1) is 12.6. The Balaban J connectivity index is 1.95. The topological polar surface area (TPSA) is 84.2 Å². The zero-order valence-electron chi connectivity index (χ0n) is 13.8. The monoisotopic (exact) mass is 397 g/mol. The van der Waals surface area contributed by atoms with Crippen LogP contribution in [0.2, 0.25) is 5.02 Å². The molecule has 0 unspecified atom stereocenters. The van der Waals surface area contributed by atoms with Crippen molar-refractivity contribution in [3.8, 4) is 0 Å². The Morgan fingerprint density at radius 2 is 1.78 bits per heavy atom. The lowest BCUT2D eigenvalue weighted by Gasteiger charge is -2.09. The fourth-order valence-corrected chi connectivity index (χ4v) is 2.36. The molecule has 0 heterocycles. The van der Waals surface area contributed by atoms with E-state index in [1.807, 2.05) is 0 Å². The number of urea groups is 1. The molecule has 0 aromatic heterocycles. The molecular weight excluding hydrogens is 383 g/mol. The van der Waals surface area contributed by atoms with E-state index in [9.17, 15) is 22.8 Å². The third-order valence-corrected chi connectivity index (χ3v) is 3.74. The highest BCUT2D eigenvalue weighted by Gasteiger charge is 2.33. The van der Waals surface area contributed by atoms with Gasteiger partial charge in [-0.05, 0) is 41.5 Å². The summed E-state index contributed by atoms with van der Waals surface area (Å²) < 4.78 is 38.4. The lowest BCUT2D eigenvalue weighted by molar-refractivity contribution is -0.137. The van der Waals surface area contributed by atoms with Gasteiger partial charge in [0.25, 0.3) is 0 Å². The Labute approximate surface area is 158 Å². The minimum atomic E-state index is -4.57. The molecule has 0 fully saturated rings. The number of carbonyl (C=O) groups excluding carboxylic acids is 2. The van der Waals surface area contributed by atoms with Gasteiger partial charge in [-0.3, -0.25) is 4.79 Å². The van der Waals surface area contributed by atoms with Gasteiger partial charge in [0.15, 0.2) is 0 Å². The van der Waals surface area contributed by atoms with E-state index >= 15 is 0 Å². The van der Waals surface area contributed by atoms with Crippen LogP contribution in [-0.2, 0) is 17.5 Å². The molecule has 0 saturated carbocycles. The molecule has 27 heavy (non-hydrogen) atoms. The van der Waals surface area contributed by atoms with Crippen LogP contribution in [-0.4, -0.2) is 11.9 Å². The van der Waals surface area contributed by atoms with Crippen LogP contribution >= 0.6 is 11.6 Å². The first-order valence-corrected chi connectivity index (χ1v) is 8.01. The van der Waals surface area contributed by atoms with Crippen LogP contribution in [0, 0.1) is 0 Å². The SMILES string of the molecule is NC(=O)Nc1ccc(CNC(=O)/C=C/c2ccc(Cl)c(C(F)(F)F)c2)cc1. The summed E-state index contributed by atoms with van der Waals surface area (Å²) in [4.78, 5) is 22.6. The van der Waals surface area contributed by atoms with Crippen molar-refractivity contribution >= 4 is 35.3 Å². The zero-order valence-corrected chi connectivity index (χ0v) is 14.6. The Morgan fingerprint density at radius 1 is 1.11 bits per heavy atom. The maximum atomic E-state index is 12.8. The molecule has 0 aliphatic carbocycles. The molecule has 0 radical (unpaired) electrons. The van der Waals surface area contributed by atoms with Gasteiger partial charge in [0.2, 0.25) is 5.91 Å². The largest absolute Gasteiger partial charge is 0.417 e. The van der Waals surface area contributed by atoms with Gasteiger partial charge in [-0.2, -0.15) is 13.2 Å². The minimum Gasteiger partial charge on any atom is -0.351 e. The maximum absolute atomic E-state index is 12.8. The van der Waals surface area contributed by atoms with Gasteiger partial charge >= 0.3 is 12.2 Å². The molecule has 0 atom stereocenters. The quantitative estimate of drug-likeness (QED) is 0.661. The summed E-state index contributed by atoms with van der Waals surface area (Å²) >= 11 is 5.55. The summed E-state index contributed by atoms with van der Waals surface area (Å²) in [7, 11) is 0. The number of benzene rings is 2. The number of primary amides is 1. The summed E-state index contributed by atoms with van der Waals surface area (Å²) in [5.74, 6) is -0.474. The van der Waals surface area contributed by atoms with Crippen molar-refractivity contribution in [3.63, 3.8) is 0 Å². The molecule has 4 N–H and O–H groups in total. The number of amides is 3. The number of nitrogens with one attached hydrogen (secondary N) is 2. The highest BCUT2D eigenvalue weighted by atomic mass is 35.5. The molecule has 0 aliphatic rings. The van der Waals surface area contributed by atoms with Crippen molar-refractivity contribution in [1.29, 1.82) is 0 Å². The molecule has 3 amide bonds. The first-order valence-electron chi connectivity index (χ1n) is 7.63. The van der Waals surface area contributed by atoms with Crippen molar-refractivity contribution in [1.82, 2.24) is 5.32 Å². The second-order valence-electron chi connectivity index (χ2n) is 5.47. The summed E-state index contributed by atoms with van der Waals surface area (Å²) in [6, 6.07) is 9.31. The highest BCUT2D eigenvalue weighted by Crippen LogP contribution is 2.35. The van der Waals surface area contributed by atoms with E-state index in [0.717, 1.165) is 23.8 Å². The van der Waals surface area contributed by atoms with Crippen LogP contribution < -0.4 is 16.4 Å². The predicted molar refractivity (Wildman–Crippen MR) is 97.0 cm³/mol. The van der Waals surface area contributed by atoms with Gasteiger partial charge < -0.3 is 16.4 Å². The lowest BCUT2D eigenvalue weighted by atomic mass is 10.1. The van der Waals surface area contributed by atoms with E-state index in [0.29, 0.717) is 5.69 Å². The molecule has 0 bridgehead atoms. The number of halogens is 4. The summed E-state index contributed by atoms with van der Waals surface area (Å²) in [6.45, 7) is 0.203. The van der Waals surface area contributed by atoms with Crippen LogP contribution in [0.25, 0.3) is 6.08 Å². The Morgan fingerprint density at radius 3 is 2.37 bits per heavy atom. The zero-order chi connectivity index (χ0) is 20.0. The van der Waals surface area contributed by atoms with Crippen molar-refractivity contribution in [2.45, 2.75) is 12.7 Å². The number of carbonyl (C=O) groups is 2. The number of hydrogen-bond donors (Lipinski definition) is 3. The van der Waals surface area contributed by atoms with Crippen LogP contribution in [0.1, 0.15) is 16.7 Å². The third-order valence-electron chi connectivity index (χ3n) is 3.41. The average molecular weight is 398 g/mol. The molecule has 0 spiro atoms.